The number of carbonyl (C=O) groups excluding carboxylic acids is 1. The fourth-order valence-corrected chi connectivity index (χ4v) is 3.39. The Bertz CT molecular complexity index is 711. The molecular weight excluding hydrogens is 349 g/mol. The molecule has 0 bridgehead atoms. The number of hydrogen-bond donors (Lipinski definition) is 1. The molecule has 0 saturated heterocycles. The predicted molar refractivity (Wildman–Crippen MR) is 91.0 cm³/mol. The molecule has 0 spiro atoms. The maximum atomic E-state index is 13.2. The summed E-state index contributed by atoms with van der Waals surface area (Å²) in [6.45, 7) is 0.698. The summed E-state index contributed by atoms with van der Waals surface area (Å²) >= 11 is 1.56. The number of amides is 1. The Kier molecular flexibility index (Phi) is 5.44. The summed E-state index contributed by atoms with van der Waals surface area (Å²) in [5.41, 5.74) is -0.410. The van der Waals surface area contributed by atoms with Crippen molar-refractivity contribution in [1.82, 2.24) is 10.2 Å². The first-order valence-electron chi connectivity index (χ1n) is 8.11. The molecule has 1 fully saturated rings. The molecule has 134 valence electrons. The molecule has 0 atom stereocenters. The zero-order valence-corrected chi connectivity index (χ0v) is 14.4. The van der Waals surface area contributed by atoms with E-state index in [1.807, 2.05) is 22.4 Å². The van der Waals surface area contributed by atoms with Crippen molar-refractivity contribution in [3.8, 4) is 0 Å². The third kappa shape index (κ3) is 5.06. The molecule has 0 unspecified atom stereocenters. The van der Waals surface area contributed by atoms with E-state index in [4.69, 9.17) is 0 Å². The monoisotopic (exact) mass is 368 g/mol. The van der Waals surface area contributed by atoms with Crippen molar-refractivity contribution in [1.29, 1.82) is 0 Å². The lowest BCUT2D eigenvalue weighted by Gasteiger charge is -2.23. The smallest absolute Gasteiger partial charge is 0.350 e. The van der Waals surface area contributed by atoms with Crippen LogP contribution in [0.15, 0.2) is 41.8 Å². The molecule has 1 amide bonds. The number of halogens is 3. The zero-order valence-electron chi connectivity index (χ0n) is 13.6. The molecule has 1 heterocycles. The third-order valence-electron chi connectivity index (χ3n) is 4.15. The lowest BCUT2D eigenvalue weighted by atomic mass is 10.1. The average Bonchev–Trinajstić information content (AvgIpc) is 3.28. The number of thiophene rings is 1. The van der Waals surface area contributed by atoms with Gasteiger partial charge in [0, 0.05) is 17.5 Å². The Morgan fingerprint density at radius 3 is 2.60 bits per heavy atom. The van der Waals surface area contributed by atoms with Crippen LogP contribution in [0.25, 0.3) is 0 Å². The Morgan fingerprint density at radius 1 is 1.20 bits per heavy atom. The van der Waals surface area contributed by atoms with Crippen LogP contribution in [0, 0.1) is 0 Å². The molecule has 1 N–H and O–H groups in total. The fraction of sp³-hybridized carbons (Fsp3) is 0.389. The quantitative estimate of drug-likeness (QED) is 0.800. The maximum absolute atomic E-state index is 13.2. The van der Waals surface area contributed by atoms with Gasteiger partial charge >= 0.3 is 6.18 Å². The average molecular weight is 368 g/mol. The molecule has 1 aliphatic carbocycles. The lowest BCUT2D eigenvalue weighted by molar-refractivity contribution is -0.138. The maximum Gasteiger partial charge on any atom is 0.416 e. The van der Waals surface area contributed by atoms with Crippen molar-refractivity contribution in [2.45, 2.75) is 38.1 Å². The van der Waals surface area contributed by atoms with Gasteiger partial charge in [0.2, 0.25) is 5.91 Å². The molecule has 3 nitrogen and oxygen atoms in total. The van der Waals surface area contributed by atoms with E-state index in [1.54, 1.807) is 17.4 Å². The Labute approximate surface area is 148 Å². The van der Waals surface area contributed by atoms with E-state index in [9.17, 15) is 18.0 Å². The number of nitrogens with zero attached hydrogens (tertiary/aromatic N) is 1. The number of benzene rings is 1. The Balaban J connectivity index is 1.63. The van der Waals surface area contributed by atoms with Crippen molar-refractivity contribution in [3.05, 3.63) is 57.8 Å². The number of rotatable bonds is 7. The third-order valence-corrected chi connectivity index (χ3v) is 5.02. The molecule has 3 rings (SSSR count). The van der Waals surface area contributed by atoms with Gasteiger partial charge in [-0.15, -0.1) is 11.3 Å². The summed E-state index contributed by atoms with van der Waals surface area (Å²) < 4.78 is 39.5. The van der Waals surface area contributed by atoms with Crippen LogP contribution in [0.1, 0.15) is 28.8 Å². The molecule has 2 aromatic rings. The van der Waals surface area contributed by atoms with Crippen molar-refractivity contribution < 1.29 is 18.0 Å². The largest absolute Gasteiger partial charge is 0.416 e. The zero-order chi connectivity index (χ0) is 17.9. The van der Waals surface area contributed by atoms with E-state index < -0.39 is 11.7 Å². The van der Waals surface area contributed by atoms with Gasteiger partial charge in [0.05, 0.1) is 18.7 Å². The molecule has 1 saturated carbocycles. The van der Waals surface area contributed by atoms with Gasteiger partial charge in [0.1, 0.15) is 0 Å². The van der Waals surface area contributed by atoms with Crippen LogP contribution in [-0.4, -0.2) is 23.4 Å². The molecule has 25 heavy (non-hydrogen) atoms. The van der Waals surface area contributed by atoms with E-state index in [-0.39, 0.29) is 30.6 Å². The second-order valence-electron chi connectivity index (χ2n) is 6.15. The highest BCUT2D eigenvalue weighted by atomic mass is 32.1. The minimum atomic E-state index is -4.38. The highest BCUT2D eigenvalue weighted by molar-refractivity contribution is 7.09. The number of alkyl halides is 3. The first kappa shape index (κ1) is 17.9. The van der Waals surface area contributed by atoms with Crippen LogP contribution in [0.4, 0.5) is 13.2 Å². The summed E-state index contributed by atoms with van der Waals surface area (Å²) in [4.78, 5) is 15.1. The van der Waals surface area contributed by atoms with Crippen LogP contribution < -0.4 is 5.32 Å². The highest BCUT2D eigenvalue weighted by Crippen LogP contribution is 2.34. The number of carbonyl (C=O) groups is 1. The van der Waals surface area contributed by atoms with Gasteiger partial charge in [-0.3, -0.25) is 9.69 Å². The van der Waals surface area contributed by atoms with Crippen LogP contribution in [-0.2, 0) is 24.1 Å². The Hall–Kier alpha value is -1.86. The molecule has 0 radical (unpaired) electrons. The topological polar surface area (TPSA) is 32.3 Å². The van der Waals surface area contributed by atoms with Crippen LogP contribution in [0.3, 0.4) is 0 Å². The van der Waals surface area contributed by atoms with Gasteiger partial charge in [0.25, 0.3) is 0 Å². The van der Waals surface area contributed by atoms with Gasteiger partial charge in [-0.2, -0.15) is 13.2 Å². The summed E-state index contributed by atoms with van der Waals surface area (Å²) in [5.74, 6) is -0.162. The van der Waals surface area contributed by atoms with E-state index in [0.29, 0.717) is 6.54 Å². The van der Waals surface area contributed by atoms with E-state index in [1.165, 1.54) is 12.1 Å². The van der Waals surface area contributed by atoms with Crippen molar-refractivity contribution in [2.75, 3.05) is 6.54 Å². The summed E-state index contributed by atoms with van der Waals surface area (Å²) in [6, 6.07) is 9.61. The van der Waals surface area contributed by atoms with Crippen molar-refractivity contribution >= 4 is 17.2 Å². The van der Waals surface area contributed by atoms with Crippen LogP contribution in [0.2, 0.25) is 0 Å². The van der Waals surface area contributed by atoms with E-state index >= 15 is 0 Å². The number of nitrogens with one attached hydrogen (secondary N) is 1. The second-order valence-corrected chi connectivity index (χ2v) is 7.18. The fourth-order valence-electron chi connectivity index (χ4n) is 2.75. The van der Waals surface area contributed by atoms with Gasteiger partial charge in [0.15, 0.2) is 0 Å². The van der Waals surface area contributed by atoms with Gasteiger partial charge in [-0.05, 0) is 35.9 Å². The summed E-state index contributed by atoms with van der Waals surface area (Å²) in [5, 5.41) is 4.77. The molecule has 0 aliphatic heterocycles. The van der Waals surface area contributed by atoms with Gasteiger partial charge < -0.3 is 5.32 Å². The van der Waals surface area contributed by atoms with Crippen LogP contribution >= 0.6 is 11.3 Å². The van der Waals surface area contributed by atoms with Crippen molar-refractivity contribution in [2.24, 2.45) is 0 Å². The molecular formula is C18H19F3N2OS. The van der Waals surface area contributed by atoms with Crippen molar-refractivity contribution in [3.63, 3.8) is 0 Å². The summed E-state index contributed by atoms with van der Waals surface area (Å²) in [7, 11) is 0. The SMILES string of the molecule is O=C(CN(Cc1ccccc1C(F)(F)F)C1CC1)NCc1cccs1. The molecule has 1 aromatic carbocycles. The normalized spacial score (nSPS) is 14.7. The first-order chi connectivity index (χ1) is 11.9. The predicted octanol–water partition coefficient (Wildman–Crippen LogP) is 4.05. The molecule has 7 heteroatoms. The minimum Gasteiger partial charge on any atom is -0.350 e. The first-order valence-corrected chi connectivity index (χ1v) is 8.99. The standard InChI is InChI=1S/C18H19F3N2OS/c19-18(20,21)16-6-2-1-4-13(16)11-23(14-7-8-14)12-17(24)22-10-15-5-3-9-25-15/h1-6,9,14H,7-8,10-12H2,(H,22,24). The lowest BCUT2D eigenvalue weighted by Crippen LogP contribution is -2.38. The van der Waals surface area contributed by atoms with E-state index in [2.05, 4.69) is 5.32 Å². The van der Waals surface area contributed by atoms with Gasteiger partial charge in [-0.1, -0.05) is 24.3 Å². The molecule has 1 aromatic heterocycles. The number of hydrogen-bond acceptors (Lipinski definition) is 3. The van der Waals surface area contributed by atoms with E-state index in [0.717, 1.165) is 23.8 Å². The Morgan fingerprint density at radius 2 is 1.96 bits per heavy atom. The molecule has 1 aliphatic rings. The van der Waals surface area contributed by atoms with Gasteiger partial charge in [-0.25, -0.2) is 0 Å². The summed E-state index contributed by atoms with van der Waals surface area (Å²) in [6.07, 6.45) is -2.54. The highest BCUT2D eigenvalue weighted by Gasteiger charge is 2.35. The second kappa shape index (κ2) is 7.58. The van der Waals surface area contributed by atoms with Crippen LogP contribution in [0.5, 0.6) is 0 Å². The minimum absolute atomic E-state index is 0.113.